The second-order valence-electron chi connectivity index (χ2n) is 7.36. The maximum Gasteiger partial charge on any atom is 0.310 e. The summed E-state index contributed by atoms with van der Waals surface area (Å²) in [6.45, 7) is 5.85. The minimum atomic E-state index is -3.71. The van der Waals surface area contributed by atoms with E-state index < -0.39 is 21.9 Å². The molecule has 156 valence electrons. The molecule has 1 N–H and O–H groups in total. The van der Waals surface area contributed by atoms with Gasteiger partial charge in [0.1, 0.15) is 0 Å². The zero-order valence-corrected chi connectivity index (χ0v) is 17.9. The van der Waals surface area contributed by atoms with Gasteiger partial charge in [-0.25, -0.2) is 8.42 Å². The van der Waals surface area contributed by atoms with Crippen LogP contribution in [0.25, 0.3) is 0 Å². The van der Waals surface area contributed by atoms with Crippen LogP contribution in [0.5, 0.6) is 0 Å². The van der Waals surface area contributed by atoms with Crippen molar-refractivity contribution in [1.29, 1.82) is 0 Å². The van der Waals surface area contributed by atoms with Crippen LogP contribution in [0, 0.1) is 11.8 Å². The number of nitrogens with zero attached hydrogens (tertiary/aromatic N) is 1. The Morgan fingerprint density at radius 1 is 1.25 bits per heavy atom. The number of ether oxygens (including phenoxy) is 1. The van der Waals surface area contributed by atoms with E-state index in [-0.39, 0.29) is 35.9 Å². The lowest BCUT2D eigenvalue weighted by Gasteiger charge is -2.30. The first-order chi connectivity index (χ1) is 13.1. The van der Waals surface area contributed by atoms with Gasteiger partial charge in [0.05, 0.1) is 10.8 Å². The molecule has 0 aliphatic carbocycles. The summed E-state index contributed by atoms with van der Waals surface area (Å²) in [5.74, 6) is -1.24. The molecule has 0 radical (unpaired) electrons. The number of piperidine rings is 1. The van der Waals surface area contributed by atoms with E-state index in [0.29, 0.717) is 24.4 Å². The SMILES string of the molecule is CC(C)C(C)NC(=O)COC(=O)C1CCCN(S(=O)(=O)c2ccc(Cl)cc2)C1. The van der Waals surface area contributed by atoms with Crippen LogP contribution in [0.2, 0.25) is 5.02 Å². The summed E-state index contributed by atoms with van der Waals surface area (Å²) in [7, 11) is -3.71. The number of amides is 1. The summed E-state index contributed by atoms with van der Waals surface area (Å²) in [5.41, 5.74) is 0. The van der Waals surface area contributed by atoms with Crippen LogP contribution in [0.4, 0.5) is 0 Å². The topological polar surface area (TPSA) is 92.8 Å². The van der Waals surface area contributed by atoms with E-state index >= 15 is 0 Å². The standard InChI is InChI=1S/C19H27ClN2O5S/c1-13(2)14(3)21-18(23)12-27-19(24)15-5-4-10-22(11-15)28(25,26)17-8-6-16(20)7-9-17/h6-9,13-15H,4-5,10-12H2,1-3H3,(H,21,23). The first-order valence-electron chi connectivity index (χ1n) is 9.33. The summed E-state index contributed by atoms with van der Waals surface area (Å²) < 4.78 is 32.0. The summed E-state index contributed by atoms with van der Waals surface area (Å²) in [6, 6.07) is 5.89. The second-order valence-corrected chi connectivity index (χ2v) is 9.74. The van der Waals surface area contributed by atoms with Gasteiger partial charge in [-0.2, -0.15) is 4.31 Å². The van der Waals surface area contributed by atoms with Gasteiger partial charge >= 0.3 is 5.97 Å². The highest BCUT2D eigenvalue weighted by Crippen LogP contribution is 2.25. The molecule has 9 heteroatoms. The number of rotatable bonds is 7. The maximum atomic E-state index is 12.8. The van der Waals surface area contributed by atoms with E-state index in [1.807, 2.05) is 20.8 Å². The highest BCUT2D eigenvalue weighted by Gasteiger charge is 2.34. The number of hydrogen-bond donors (Lipinski definition) is 1. The molecule has 1 aromatic carbocycles. The van der Waals surface area contributed by atoms with Crippen molar-refractivity contribution < 1.29 is 22.7 Å². The molecule has 0 spiro atoms. The minimum Gasteiger partial charge on any atom is -0.455 e. The minimum absolute atomic E-state index is 0.0270. The summed E-state index contributed by atoms with van der Waals surface area (Å²) >= 11 is 5.82. The van der Waals surface area contributed by atoms with E-state index in [9.17, 15) is 18.0 Å². The summed E-state index contributed by atoms with van der Waals surface area (Å²) in [4.78, 5) is 24.3. The van der Waals surface area contributed by atoms with Crippen LogP contribution in [-0.4, -0.2) is 50.3 Å². The zero-order chi connectivity index (χ0) is 20.9. The lowest BCUT2D eigenvalue weighted by Crippen LogP contribution is -2.43. The maximum absolute atomic E-state index is 12.8. The monoisotopic (exact) mass is 430 g/mol. The Labute approximate surface area is 171 Å². The molecule has 28 heavy (non-hydrogen) atoms. The molecule has 1 amide bonds. The smallest absolute Gasteiger partial charge is 0.310 e. The van der Waals surface area contributed by atoms with Gasteiger partial charge in [0.2, 0.25) is 10.0 Å². The number of hydrogen-bond acceptors (Lipinski definition) is 5. The van der Waals surface area contributed by atoms with E-state index in [2.05, 4.69) is 5.32 Å². The van der Waals surface area contributed by atoms with Crippen LogP contribution in [-0.2, 0) is 24.3 Å². The van der Waals surface area contributed by atoms with Crippen LogP contribution in [0.3, 0.4) is 0 Å². The quantitative estimate of drug-likeness (QED) is 0.670. The average Bonchev–Trinajstić information content (AvgIpc) is 2.66. The number of carbonyl (C=O) groups is 2. The van der Waals surface area contributed by atoms with Crippen molar-refractivity contribution in [1.82, 2.24) is 9.62 Å². The third kappa shape index (κ3) is 5.93. The van der Waals surface area contributed by atoms with Crippen molar-refractivity contribution in [2.75, 3.05) is 19.7 Å². The number of esters is 1. The molecular formula is C19H27ClN2O5S. The molecule has 0 saturated carbocycles. The third-order valence-electron chi connectivity index (χ3n) is 4.90. The van der Waals surface area contributed by atoms with Crippen LogP contribution in [0.15, 0.2) is 29.2 Å². The van der Waals surface area contributed by atoms with E-state index in [4.69, 9.17) is 16.3 Å². The number of nitrogens with one attached hydrogen (secondary N) is 1. The lowest BCUT2D eigenvalue weighted by atomic mass is 10.00. The fourth-order valence-electron chi connectivity index (χ4n) is 2.83. The van der Waals surface area contributed by atoms with Gasteiger partial charge in [-0.05, 0) is 49.9 Å². The highest BCUT2D eigenvalue weighted by atomic mass is 35.5. The predicted octanol–water partition coefficient (Wildman–Crippen LogP) is 2.44. The molecule has 2 unspecified atom stereocenters. The molecule has 2 rings (SSSR count). The van der Waals surface area contributed by atoms with Gasteiger partial charge in [-0.15, -0.1) is 0 Å². The molecule has 1 aliphatic heterocycles. The van der Waals surface area contributed by atoms with Crippen LogP contribution < -0.4 is 5.32 Å². The van der Waals surface area contributed by atoms with Gasteiger partial charge < -0.3 is 10.1 Å². The zero-order valence-electron chi connectivity index (χ0n) is 16.4. The normalized spacial score (nSPS) is 19.2. The number of halogens is 1. The van der Waals surface area contributed by atoms with Gasteiger partial charge in [0.15, 0.2) is 6.61 Å². The summed E-state index contributed by atoms with van der Waals surface area (Å²) in [6.07, 6.45) is 1.07. The van der Waals surface area contributed by atoms with Crippen molar-refractivity contribution in [3.8, 4) is 0 Å². The Morgan fingerprint density at radius 2 is 1.89 bits per heavy atom. The molecule has 0 aromatic heterocycles. The molecule has 0 bridgehead atoms. The van der Waals surface area contributed by atoms with Crippen molar-refractivity contribution in [3.63, 3.8) is 0 Å². The second kappa shape index (κ2) is 9.71. The van der Waals surface area contributed by atoms with Gasteiger partial charge in [0, 0.05) is 24.2 Å². The molecule has 1 heterocycles. The van der Waals surface area contributed by atoms with Crippen molar-refractivity contribution in [3.05, 3.63) is 29.3 Å². The molecule has 1 aromatic rings. The fourth-order valence-corrected chi connectivity index (χ4v) is 4.48. The van der Waals surface area contributed by atoms with E-state index in [1.54, 1.807) is 0 Å². The van der Waals surface area contributed by atoms with Crippen molar-refractivity contribution in [2.24, 2.45) is 11.8 Å². The van der Waals surface area contributed by atoms with Crippen molar-refractivity contribution >= 4 is 33.5 Å². The van der Waals surface area contributed by atoms with Crippen LogP contribution >= 0.6 is 11.6 Å². The third-order valence-corrected chi connectivity index (χ3v) is 7.03. The highest BCUT2D eigenvalue weighted by molar-refractivity contribution is 7.89. The Morgan fingerprint density at radius 3 is 2.50 bits per heavy atom. The predicted molar refractivity (Wildman–Crippen MR) is 106 cm³/mol. The number of carbonyl (C=O) groups excluding carboxylic acids is 2. The molecular weight excluding hydrogens is 404 g/mol. The van der Waals surface area contributed by atoms with Crippen molar-refractivity contribution in [2.45, 2.75) is 44.6 Å². The van der Waals surface area contributed by atoms with Crippen LogP contribution in [0.1, 0.15) is 33.6 Å². The van der Waals surface area contributed by atoms with E-state index in [0.717, 1.165) is 0 Å². The Hall–Kier alpha value is -1.64. The Kier molecular flexibility index (Phi) is 7.86. The number of benzene rings is 1. The first-order valence-corrected chi connectivity index (χ1v) is 11.1. The summed E-state index contributed by atoms with van der Waals surface area (Å²) in [5, 5.41) is 3.21. The molecule has 1 fully saturated rings. The number of sulfonamides is 1. The molecule has 1 aliphatic rings. The largest absolute Gasteiger partial charge is 0.455 e. The van der Waals surface area contributed by atoms with Gasteiger partial charge in [-0.1, -0.05) is 25.4 Å². The molecule has 1 saturated heterocycles. The van der Waals surface area contributed by atoms with E-state index in [1.165, 1.54) is 28.6 Å². The Balaban J connectivity index is 1.94. The average molecular weight is 431 g/mol. The first kappa shape index (κ1) is 22.6. The lowest BCUT2D eigenvalue weighted by molar-refractivity contribution is -0.153. The Bertz CT molecular complexity index is 795. The fraction of sp³-hybridized carbons (Fsp3) is 0.579. The van der Waals surface area contributed by atoms with Gasteiger partial charge in [0.25, 0.3) is 5.91 Å². The van der Waals surface area contributed by atoms with Gasteiger partial charge in [-0.3, -0.25) is 9.59 Å². The molecule has 7 nitrogen and oxygen atoms in total. The molecule has 2 atom stereocenters.